The number of fused-ring (bicyclic) bond motifs is 13. The van der Waals surface area contributed by atoms with Crippen molar-refractivity contribution >= 4 is 31.5 Å². The summed E-state index contributed by atoms with van der Waals surface area (Å²) >= 11 is 1.80. The van der Waals surface area contributed by atoms with Crippen LogP contribution < -0.4 is 0 Å². The van der Waals surface area contributed by atoms with Crippen LogP contribution in [0.1, 0.15) is 22.3 Å². The van der Waals surface area contributed by atoms with Crippen molar-refractivity contribution < 1.29 is 0 Å². The van der Waals surface area contributed by atoms with E-state index in [4.69, 9.17) is 15.0 Å². The summed E-state index contributed by atoms with van der Waals surface area (Å²) in [6.07, 6.45) is 0. The van der Waals surface area contributed by atoms with E-state index in [2.05, 4.69) is 170 Å². The van der Waals surface area contributed by atoms with Crippen LogP contribution >= 0.6 is 11.3 Å². The lowest BCUT2D eigenvalue weighted by Gasteiger charge is -2.30. The summed E-state index contributed by atoms with van der Waals surface area (Å²) in [5.74, 6) is 1.97. The van der Waals surface area contributed by atoms with Crippen LogP contribution in [0.15, 0.2) is 188 Å². The number of nitrogens with zero attached hydrogens (tertiary/aromatic N) is 3. The van der Waals surface area contributed by atoms with Crippen LogP contribution in [0, 0.1) is 0 Å². The monoisotopic (exact) mass is 729 g/mol. The van der Waals surface area contributed by atoms with Crippen LogP contribution in [0.3, 0.4) is 0 Å². The van der Waals surface area contributed by atoms with Gasteiger partial charge in [0.05, 0.1) is 5.41 Å². The molecule has 56 heavy (non-hydrogen) atoms. The second-order valence-electron chi connectivity index (χ2n) is 14.6. The zero-order chi connectivity index (χ0) is 36.8. The average Bonchev–Trinajstić information content (AvgIpc) is 3.91. The lowest BCUT2D eigenvalue weighted by Crippen LogP contribution is -2.25. The molecule has 0 N–H and O–H groups in total. The van der Waals surface area contributed by atoms with Gasteiger partial charge in [0.1, 0.15) is 0 Å². The van der Waals surface area contributed by atoms with Gasteiger partial charge in [-0.3, -0.25) is 0 Å². The molecule has 3 nitrogen and oxygen atoms in total. The molecule has 8 aromatic carbocycles. The zero-order valence-electron chi connectivity index (χ0n) is 30.1. The van der Waals surface area contributed by atoms with E-state index in [1.807, 2.05) is 18.2 Å². The standard InChI is InChI=1S/C52H31N3S/c1-2-15-32(16-3-1)49-53-50(55-51(54-49)41-23-14-28-47-48(41)40-22-9-13-27-46(40)56-47)39-21-5-4-17-34(39)33-29-30-38-37-20-8-12-26-44(37)52(45(38)31-33)42-24-10-6-18-35(42)36-19-7-11-25-43(36)52/h1-31H. The van der Waals surface area contributed by atoms with Crippen LogP contribution in [0.5, 0.6) is 0 Å². The van der Waals surface area contributed by atoms with Crippen LogP contribution in [-0.2, 0) is 5.41 Å². The van der Waals surface area contributed by atoms with E-state index in [1.54, 1.807) is 11.3 Å². The Labute approximate surface area is 328 Å². The first kappa shape index (κ1) is 31.4. The third-order valence-corrected chi connectivity index (χ3v) is 12.9. The van der Waals surface area contributed by atoms with Gasteiger partial charge in [-0.05, 0) is 73.8 Å². The van der Waals surface area contributed by atoms with Crippen molar-refractivity contribution in [2.45, 2.75) is 5.41 Å². The van der Waals surface area contributed by atoms with E-state index in [0.717, 1.165) is 27.8 Å². The van der Waals surface area contributed by atoms with E-state index >= 15 is 0 Å². The van der Waals surface area contributed by atoms with E-state index in [1.165, 1.54) is 64.7 Å². The highest BCUT2D eigenvalue weighted by atomic mass is 32.1. The largest absolute Gasteiger partial charge is 0.208 e. The van der Waals surface area contributed by atoms with Crippen LogP contribution in [-0.4, -0.2) is 15.0 Å². The summed E-state index contributed by atoms with van der Waals surface area (Å²) in [7, 11) is 0. The average molecular weight is 730 g/mol. The Balaban J connectivity index is 1.09. The first-order valence-corrected chi connectivity index (χ1v) is 19.8. The topological polar surface area (TPSA) is 38.7 Å². The van der Waals surface area contributed by atoms with Gasteiger partial charge in [0, 0.05) is 36.9 Å². The first-order valence-electron chi connectivity index (χ1n) is 19.0. The normalized spacial score (nSPS) is 13.1. The van der Waals surface area contributed by atoms with Crippen molar-refractivity contribution in [2.75, 3.05) is 0 Å². The van der Waals surface area contributed by atoms with Gasteiger partial charge in [-0.25, -0.2) is 15.0 Å². The van der Waals surface area contributed by atoms with Gasteiger partial charge in [-0.15, -0.1) is 11.3 Å². The molecule has 0 saturated carbocycles. The quantitative estimate of drug-likeness (QED) is 0.181. The lowest BCUT2D eigenvalue weighted by molar-refractivity contribution is 0.794. The molecule has 0 aliphatic heterocycles. The fraction of sp³-hybridized carbons (Fsp3) is 0.0192. The first-order chi connectivity index (χ1) is 27.8. The Hall–Kier alpha value is -7.01. The molecule has 4 heteroatoms. The molecular formula is C52H31N3S. The summed E-state index contributed by atoms with van der Waals surface area (Å²) in [6, 6.07) is 67.8. The summed E-state index contributed by atoms with van der Waals surface area (Å²) in [4.78, 5) is 15.8. The molecule has 2 aliphatic carbocycles. The molecule has 260 valence electrons. The molecule has 10 aromatic rings. The van der Waals surface area contributed by atoms with Crippen molar-refractivity contribution in [3.63, 3.8) is 0 Å². The van der Waals surface area contributed by atoms with E-state index in [9.17, 15) is 0 Å². The Bertz CT molecular complexity index is 3150. The summed E-state index contributed by atoms with van der Waals surface area (Å²) in [5.41, 5.74) is 15.2. The van der Waals surface area contributed by atoms with E-state index in [0.29, 0.717) is 17.5 Å². The smallest absolute Gasteiger partial charge is 0.164 e. The second-order valence-corrected chi connectivity index (χ2v) is 15.7. The van der Waals surface area contributed by atoms with Crippen LogP contribution in [0.25, 0.3) is 87.7 Å². The minimum atomic E-state index is -0.424. The number of thiophene rings is 1. The van der Waals surface area contributed by atoms with Crippen molar-refractivity contribution in [1.29, 1.82) is 0 Å². The minimum absolute atomic E-state index is 0.424. The van der Waals surface area contributed by atoms with Crippen molar-refractivity contribution in [3.05, 3.63) is 210 Å². The fourth-order valence-corrected chi connectivity index (χ4v) is 10.6. The van der Waals surface area contributed by atoms with Gasteiger partial charge >= 0.3 is 0 Å². The molecule has 0 saturated heterocycles. The maximum Gasteiger partial charge on any atom is 0.164 e. The van der Waals surface area contributed by atoms with Gasteiger partial charge in [0.2, 0.25) is 0 Å². The molecule has 2 aliphatic rings. The Morgan fingerprint density at radius 1 is 0.321 bits per heavy atom. The fourth-order valence-electron chi connectivity index (χ4n) is 9.49. The van der Waals surface area contributed by atoms with Crippen LogP contribution in [0.4, 0.5) is 0 Å². The lowest BCUT2D eigenvalue weighted by atomic mass is 9.70. The van der Waals surface area contributed by atoms with Crippen LogP contribution in [0.2, 0.25) is 0 Å². The molecular weight excluding hydrogens is 699 g/mol. The molecule has 0 atom stereocenters. The maximum atomic E-state index is 5.34. The summed E-state index contributed by atoms with van der Waals surface area (Å²) in [5, 5.41) is 2.40. The Kier molecular flexibility index (Phi) is 6.72. The third kappa shape index (κ3) is 4.36. The molecule has 1 spiro atoms. The van der Waals surface area contributed by atoms with Gasteiger partial charge in [0.15, 0.2) is 17.5 Å². The highest BCUT2D eigenvalue weighted by molar-refractivity contribution is 7.25. The molecule has 0 fully saturated rings. The number of benzene rings is 8. The van der Waals surface area contributed by atoms with Crippen molar-refractivity contribution in [2.24, 2.45) is 0 Å². The predicted molar refractivity (Wildman–Crippen MR) is 231 cm³/mol. The molecule has 2 heterocycles. The number of aromatic nitrogens is 3. The number of rotatable bonds is 4. The molecule has 2 aromatic heterocycles. The Morgan fingerprint density at radius 3 is 1.52 bits per heavy atom. The van der Waals surface area contributed by atoms with Gasteiger partial charge in [-0.2, -0.15) is 0 Å². The molecule has 0 radical (unpaired) electrons. The minimum Gasteiger partial charge on any atom is -0.208 e. The van der Waals surface area contributed by atoms with Gasteiger partial charge in [-0.1, -0.05) is 170 Å². The SMILES string of the molecule is c1ccc(-c2nc(-c3ccccc3-c3ccc4c(c3)C3(c5ccccc5-c5ccccc53)c3ccccc3-4)nc(-c3cccc4sc5ccccc5c34)n2)cc1. The molecule has 0 unspecified atom stereocenters. The number of hydrogen-bond acceptors (Lipinski definition) is 4. The second kappa shape index (κ2) is 12.0. The predicted octanol–water partition coefficient (Wildman–Crippen LogP) is 13.3. The van der Waals surface area contributed by atoms with E-state index < -0.39 is 5.41 Å². The summed E-state index contributed by atoms with van der Waals surface area (Å²) in [6.45, 7) is 0. The zero-order valence-corrected chi connectivity index (χ0v) is 31.0. The van der Waals surface area contributed by atoms with Crippen molar-refractivity contribution in [3.8, 4) is 67.5 Å². The maximum absolute atomic E-state index is 5.34. The van der Waals surface area contributed by atoms with Gasteiger partial charge < -0.3 is 0 Å². The molecule has 0 amide bonds. The van der Waals surface area contributed by atoms with Crippen molar-refractivity contribution in [1.82, 2.24) is 15.0 Å². The summed E-state index contributed by atoms with van der Waals surface area (Å²) < 4.78 is 2.47. The highest BCUT2D eigenvalue weighted by Crippen LogP contribution is 2.63. The van der Waals surface area contributed by atoms with E-state index in [-0.39, 0.29) is 0 Å². The van der Waals surface area contributed by atoms with Gasteiger partial charge in [0.25, 0.3) is 0 Å². The number of hydrogen-bond donors (Lipinski definition) is 0. The third-order valence-electron chi connectivity index (χ3n) is 11.8. The Morgan fingerprint density at radius 2 is 0.821 bits per heavy atom. The molecule has 0 bridgehead atoms. The highest BCUT2D eigenvalue weighted by Gasteiger charge is 2.51. The molecule has 12 rings (SSSR count).